The summed E-state index contributed by atoms with van der Waals surface area (Å²) in [6.45, 7) is 1.80. The Morgan fingerprint density at radius 2 is 2.11 bits per heavy atom. The average Bonchev–Trinajstić information content (AvgIpc) is 3.09. The zero-order chi connectivity index (χ0) is 12.2. The van der Waals surface area contributed by atoms with Crippen LogP contribution in [0.1, 0.15) is 31.2 Å². The maximum Gasteiger partial charge on any atom is 0.187 e. The van der Waals surface area contributed by atoms with Gasteiger partial charge in [0.1, 0.15) is 0 Å². The van der Waals surface area contributed by atoms with Crippen molar-refractivity contribution in [3.05, 3.63) is 18.0 Å². The van der Waals surface area contributed by atoms with E-state index in [-0.39, 0.29) is 0 Å². The van der Waals surface area contributed by atoms with Gasteiger partial charge in [0.25, 0.3) is 0 Å². The minimum absolute atomic E-state index is 0.398. The monoisotopic (exact) mass is 265 g/mol. The number of hydrogen-bond donors (Lipinski definition) is 1. The van der Waals surface area contributed by atoms with Crippen LogP contribution in [0.4, 0.5) is 0 Å². The Morgan fingerprint density at radius 1 is 1.28 bits per heavy atom. The van der Waals surface area contributed by atoms with Crippen LogP contribution in [0.5, 0.6) is 0 Å². The number of ether oxygens (including phenoxy) is 1. The predicted octanol–water partition coefficient (Wildman–Crippen LogP) is 2.00. The van der Waals surface area contributed by atoms with Crippen LogP contribution in [0.2, 0.25) is 0 Å². The maximum absolute atomic E-state index is 5.58. The van der Waals surface area contributed by atoms with Gasteiger partial charge in [0, 0.05) is 42.9 Å². The number of rotatable bonds is 6. The Morgan fingerprint density at radius 3 is 2.78 bits per heavy atom. The molecule has 0 amide bonds. The maximum atomic E-state index is 5.58. The molecule has 1 aliphatic heterocycles. The van der Waals surface area contributed by atoms with Gasteiger partial charge in [-0.2, -0.15) is 0 Å². The normalized spacial score (nSPS) is 23.4. The van der Waals surface area contributed by atoms with Gasteiger partial charge in [-0.15, -0.1) is 0 Å². The summed E-state index contributed by atoms with van der Waals surface area (Å²) in [7, 11) is 0. The molecule has 1 aliphatic carbocycles. The number of nitrogens with one attached hydrogen (secondary N) is 1. The van der Waals surface area contributed by atoms with E-state index in [2.05, 4.69) is 15.3 Å². The zero-order valence-corrected chi connectivity index (χ0v) is 11.3. The van der Waals surface area contributed by atoms with Crippen LogP contribution in [0.25, 0.3) is 0 Å². The van der Waals surface area contributed by atoms with Crippen LogP contribution >= 0.6 is 11.8 Å². The van der Waals surface area contributed by atoms with Crippen molar-refractivity contribution in [3.8, 4) is 0 Å². The summed E-state index contributed by atoms with van der Waals surface area (Å²) >= 11 is 1.70. The lowest BCUT2D eigenvalue weighted by Gasteiger charge is -2.07. The highest BCUT2D eigenvalue weighted by Gasteiger charge is 2.20. The van der Waals surface area contributed by atoms with Gasteiger partial charge in [-0.25, -0.2) is 9.97 Å². The Bertz CT molecular complexity index is 374. The van der Waals surface area contributed by atoms with E-state index in [0.717, 1.165) is 30.1 Å². The summed E-state index contributed by atoms with van der Waals surface area (Å²) < 4.78 is 5.58. The predicted molar refractivity (Wildman–Crippen MR) is 71.6 cm³/mol. The summed E-state index contributed by atoms with van der Waals surface area (Å²) in [5.74, 6) is 0.972. The minimum atomic E-state index is 0.398. The fraction of sp³-hybridized carbons (Fsp3) is 0.692. The lowest BCUT2D eigenvalue weighted by atomic mass is 10.3. The molecule has 1 unspecified atom stereocenters. The van der Waals surface area contributed by atoms with Crippen LogP contribution in [0.15, 0.2) is 17.6 Å². The second-order valence-corrected chi connectivity index (χ2v) is 5.96. The molecule has 1 saturated carbocycles. The molecule has 3 rings (SSSR count). The largest absolute Gasteiger partial charge is 0.377 e. The third-order valence-corrected chi connectivity index (χ3v) is 4.28. The van der Waals surface area contributed by atoms with E-state index in [1.807, 2.05) is 12.4 Å². The molecule has 0 spiro atoms. The molecule has 4 nitrogen and oxygen atoms in total. The molecule has 0 aromatic carbocycles. The molecular formula is C13H19N3OS. The Balaban J connectivity index is 1.44. The molecule has 0 radical (unpaired) electrons. The number of thioether (sulfide) groups is 1. The molecule has 1 N–H and O–H groups in total. The second-order valence-electron chi connectivity index (χ2n) is 4.98. The van der Waals surface area contributed by atoms with Gasteiger partial charge in [-0.3, -0.25) is 0 Å². The summed E-state index contributed by atoms with van der Waals surface area (Å²) in [5.41, 5.74) is 1.17. The lowest BCUT2D eigenvalue weighted by molar-refractivity contribution is 0.129. The number of aromatic nitrogens is 2. The molecule has 1 atom stereocenters. The third-order valence-electron chi connectivity index (χ3n) is 3.28. The van der Waals surface area contributed by atoms with Gasteiger partial charge in [-0.05, 0) is 25.7 Å². The Hall–Kier alpha value is -0.650. The molecule has 98 valence electrons. The summed E-state index contributed by atoms with van der Waals surface area (Å²) in [6, 6.07) is 0.735. The highest BCUT2D eigenvalue weighted by Crippen LogP contribution is 2.21. The molecule has 18 heavy (non-hydrogen) atoms. The van der Waals surface area contributed by atoms with Crippen LogP contribution < -0.4 is 5.32 Å². The molecule has 2 aliphatic rings. The first-order chi connectivity index (χ1) is 8.90. The SMILES string of the molecule is c1nc(SCC2CCCO2)ncc1CNC1CC1. The molecular weight excluding hydrogens is 246 g/mol. The fourth-order valence-corrected chi connectivity index (χ4v) is 2.85. The number of hydrogen-bond acceptors (Lipinski definition) is 5. The van der Waals surface area contributed by atoms with E-state index < -0.39 is 0 Å². The highest BCUT2D eigenvalue weighted by atomic mass is 32.2. The van der Waals surface area contributed by atoms with Crippen molar-refractivity contribution >= 4 is 11.8 Å². The molecule has 5 heteroatoms. The molecule has 1 saturated heterocycles. The van der Waals surface area contributed by atoms with Gasteiger partial charge < -0.3 is 10.1 Å². The zero-order valence-electron chi connectivity index (χ0n) is 10.5. The van der Waals surface area contributed by atoms with Gasteiger partial charge >= 0.3 is 0 Å². The molecule has 2 heterocycles. The molecule has 2 fully saturated rings. The topological polar surface area (TPSA) is 47.0 Å². The van der Waals surface area contributed by atoms with Crippen molar-refractivity contribution in [2.75, 3.05) is 12.4 Å². The first-order valence-corrected chi connectivity index (χ1v) is 7.67. The first-order valence-electron chi connectivity index (χ1n) is 6.69. The average molecular weight is 265 g/mol. The van der Waals surface area contributed by atoms with E-state index in [0.29, 0.717) is 6.10 Å². The lowest BCUT2D eigenvalue weighted by Crippen LogP contribution is -2.15. The summed E-state index contributed by atoms with van der Waals surface area (Å²) in [4.78, 5) is 8.79. The van der Waals surface area contributed by atoms with Gasteiger partial charge in [0.05, 0.1) is 6.10 Å². The fourth-order valence-electron chi connectivity index (χ4n) is 2.00. The summed E-state index contributed by atoms with van der Waals surface area (Å²) in [6.07, 6.45) is 9.26. The quantitative estimate of drug-likeness (QED) is 0.629. The van der Waals surface area contributed by atoms with Crippen molar-refractivity contribution in [3.63, 3.8) is 0 Å². The van der Waals surface area contributed by atoms with Crippen molar-refractivity contribution in [1.29, 1.82) is 0 Å². The van der Waals surface area contributed by atoms with Gasteiger partial charge in [0.15, 0.2) is 5.16 Å². The van der Waals surface area contributed by atoms with Gasteiger partial charge in [-0.1, -0.05) is 11.8 Å². The Labute approximate surface area is 112 Å². The van der Waals surface area contributed by atoms with Crippen LogP contribution in [-0.4, -0.2) is 34.5 Å². The van der Waals surface area contributed by atoms with E-state index in [9.17, 15) is 0 Å². The minimum Gasteiger partial charge on any atom is -0.377 e. The highest BCUT2D eigenvalue weighted by molar-refractivity contribution is 7.99. The Kier molecular flexibility index (Phi) is 4.13. The van der Waals surface area contributed by atoms with Gasteiger partial charge in [0.2, 0.25) is 0 Å². The first kappa shape index (κ1) is 12.4. The van der Waals surface area contributed by atoms with E-state index in [1.54, 1.807) is 11.8 Å². The third kappa shape index (κ3) is 3.67. The smallest absolute Gasteiger partial charge is 0.187 e. The van der Waals surface area contributed by atoms with E-state index in [4.69, 9.17) is 4.74 Å². The standard InChI is InChI=1S/C13H19N3OS/c1-2-12(17-5-1)9-18-13-15-7-10(8-16-13)6-14-11-3-4-11/h7-8,11-12,14H,1-6,9H2. The van der Waals surface area contributed by atoms with E-state index >= 15 is 0 Å². The summed E-state index contributed by atoms with van der Waals surface area (Å²) in [5, 5.41) is 4.32. The number of nitrogens with zero attached hydrogens (tertiary/aromatic N) is 2. The van der Waals surface area contributed by atoms with Crippen molar-refractivity contribution in [1.82, 2.24) is 15.3 Å². The molecule has 1 aromatic heterocycles. The van der Waals surface area contributed by atoms with Crippen molar-refractivity contribution < 1.29 is 4.74 Å². The van der Waals surface area contributed by atoms with Crippen molar-refractivity contribution in [2.24, 2.45) is 0 Å². The van der Waals surface area contributed by atoms with Crippen LogP contribution in [0.3, 0.4) is 0 Å². The van der Waals surface area contributed by atoms with Crippen LogP contribution in [0, 0.1) is 0 Å². The molecule has 0 bridgehead atoms. The second kappa shape index (κ2) is 5.99. The van der Waals surface area contributed by atoms with E-state index in [1.165, 1.54) is 31.2 Å². The van der Waals surface area contributed by atoms with Crippen molar-refractivity contribution in [2.45, 2.75) is 49.5 Å². The molecule has 1 aromatic rings. The van der Waals surface area contributed by atoms with Crippen LogP contribution in [-0.2, 0) is 11.3 Å².